The smallest absolute Gasteiger partial charge is 0.267 e. The number of anilines is 1. The largest absolute Gasteiger partial charge is 0.369 e. The monoisotopic (exact) mass is 363 g/mol. The minimum absolute atomic E-state index is 0.0101. The normalized spacial score (nSPS) is 15.2. The van der Waals surface area contributed by atoms with Gasteiger partial charge in [-0.15, -0.1) is 0 Å². The number of pyridine rings is 1. The predicted octanol–water partition coefficient (Wildman–Crippen LogP) is 2.13. The highest BCUT2D eigenvalue weighted by atomic mass is 16.1. The lowest BCUT2D eigenvalue weighted by atomic mass is 10.2. The van der Waals surface area contributed by atoms with Gasteiger partial charge in [0.25, 0.3) is 5.91 Å². The van der Waals surface area contributed by atoms with E-state index in [1.165, 1.54) is 5.69 Å². The lowest BCUT2D eigenvalue weighted by Crippen LogP contribution is -2.48. The van der Waals surface area contributed by atoms with Crippen molar-refractivity contribution in [3.63, 3.8) is 0 Å². The van der Waals surface area contributed by atoms with Crippen molar-refractivity contribution in [2.75, 3.05) is 44.2 Å². The Morgan fingerprint density at radius 3 is 2.56 bits per heavy atom. The van der Waals surface area contributed by atoms with Gasteiger partial charge in [0.2, 0.25) is 0 Å². The van der Waals surface area contributed by atoms with Gasteiger partial charge < -0.3 is 14.8 Å². The van der Waals surface area contributed by atoms with Crippen LogP contribution < -0.4 is 10.2 Å². The summed E-state index contributed by atoms with van der Waals surface area (Å²) in [5, 5.41) is 4.16. The lowest BCUT2D eigenvalue weighted by molar-refractivity contribution is 0.0940. The van der Waals surface area contributed by atoms with E-state index in [1.807, 2.05) is 54.3 Å². The van der Waals surface area contributed by atoms with Gasteiger partial charge >= 0.3 is 0 Å². The molecular weight excluding hydrogens is 338 g/mol. The zero-order chi connectivity index (χ0) is 18.6. The Kier molecular flexibility index (Phi) is 5.07. The Morgan fingerprint density at radius 2 is 1.81 bits per heavy atom. The maximum absolute atomic E-state index is 12.5. The van der Waals surface area contributed by atoms with Crippen LogP contribution in [0.25, 0.3) is 10.9 Å². The van der Waals surface area contributed by atoms with E-state index in [0.717, 1.165) is 43.6 Å². The number of aromatic nitrogens is 2. The molecule has 140 valence electrons. The van der Waals surface area contributed by atoms with E-state index >= 15 is 0 Å². The van der Waals surface area contributed by atoms with Crippen molar-refractivity contribution in [1.82, 2.24) is 19.8 Å². The molecule has 1 N–H and O–H groups in total. The fourth-order valence-corrected chi connectivity index (χ4v) is 3.71. The van der Waals surface area contributed by atoms with E-state index in [-0.39, 0.29) is 5.91 Å². The lowest BCUT2D eigenvalue weighted by Gasteiger charge is -2.36. The molecule has 6 nitrogen and oxygen atoms in total. The van der Waals surface area contributed by atoms with Crippen molar-refractivity contribution in [1.29, 1.82) is 0 Å². The second-order valence-electron chi connectivity index (χ2n) is 6.94. The first-order valence-corrected chi connectivity index (χ1v) is 9.42. The Hall–Kier alpha value is -2.86. The van der Waals surface area contributed by atoms with Gasteiger partial charge in [0.15, 0.2) is 0 Å². The number of carbonyl (C=O) groups excluding carboxylic acids is 1. The maximum Gasteiger partial charge on any atom is 0.267 e. The number of hydrogen-bond acceptors (Lipinski definition) is 4. The molecule has 0 saturated carbocycles. The summed E-state index contributed by atoms with van der Waals surface area (Å²) < 4.78 is 1.96. The Bertz CT molecular complexity index is 913. The molecule has 0 bridgehead atoms. The molecule has 6 heteroatoms. The molecule has 1 saturated heterocycles. The molecule has 1 aliphatic rings. The van der Waals surface area contributed by atoms with E-state index in [2.05, 4.69) is 32.2 Å². The number of aryl methyl sites for hydroxylation is 1. The molecule has 0 aliphatic carbocycles. The molecule has 1 amide bonds. The topological polar surface area (TPSA) is 53.4 Å². The second-order valence-corrected chi connectivity index (χ2v) is 6.94. The number of para-hydroxylation sites is 1. The quantitative estimate of drug-likeness (QED) is 0.755. The molecule has 0 radical (unpaired) electrons. The highest BCUT2D eigenvalue weighted by Gasteiger charge is 2.18. The van der Waals surface area contributed by atoms with Crippen LogP contribution in [0.2, 0.25) is 0 Å². The summed E-state index contributed by atoms with van der Waals surface area (Å²) in [6.45, 7) is 5.55. The zero-order valence-corrected chi connectivity index (χ0v) is 15.6. The van der Waals surface area contributed by atoms with Crippen LogP contribution in [-0.4, -0.2) is 59.6 Å². The number of hydrogen-bond donors (Lipinski definition) is 1. The van der Waals surface area contributed by atoms with Crippen LogP contribution in [0, 0.1) is 0 Å². The van der Waals surface area contributed by atoms with Crippen LogP contribution in [0.5, 0.6) is 0 Å². The van der Waals surface area contributed by atoms with Gasteiger partial charge in [0.1, 0.15) is 5.69 Å². The van der Waals surface area contributed by atoms with E-state index in [1.54, 1.807) is 0 Å². The van der Waals surface area contributed by atoms with Crippen LogP contribution in [0.15, 0.2) is 54.9 Å². The molecule has 27 heavy (non-hydrogen) atoms. The van der Waals surface area contributed by atoms with Gasteiger partial charge in [0, 0.05) is 75.3 Å². The van der Waals surface area contributed by atoms with E-state index in [4.69, 9.17) is 0 Å². The number of rotatable bonds is 5. The van der Waals surface area contributed by atoms with Crippen molar-refractivity contribution in [2.24, 2.45) is 7.05 Å². The predicted molar refractivity (Wildman–Crippen MR) is 108 cm³/mol. The molecule has 0 spiro atoms. The standard InChI is InChI=1S/C21H25N5O/c1-24-19-5-3-2-4-17(19)16-20(24)21(27)23-10-11-25-12-14-26(15-13-25)18-6-8-22-9-7-18/h2-9,16H,10-15H2,1H3,(H,23,27). The summed E-state index contributed by atoms with van der Waals surface area (Å²) in [5.41, 5.74) is 3.02. The number of benzene rings is 1. The third-order valence-corrected chi connectivity index (χ3v) is 5.30. The molecule has 1 aromatic carbocycles. The number of piperazine rings is 1. The Morgan fingerprint density at radius 1 is 1.07 bits per heavy atom. The molecule has 3 aromatic rings. The average Bonchev–Trinajstić information content (AvgIpc) is 3.06. The fraction of sp³-hybridized carbons (Fsp3) is 0.333. The third kappa shape index (κ3) is 3.80. The van der Waals surface area contributed by atoms with E-state index < -0.39 is 0 Å². The summed E-state index contributed by atoms with van der Waals surface area (Å²) in [6, 6.07) is 14.1. The SMILES string of the molecule is Cn1c(C(=O)NCCN2CCN(c3ccncc3)CC2)cc2ccccc21. The Labute approximate surface area is 159 Å². The van der Waals surface area contributed by atoms with Gasteiger partial charge in [-0.05, 0) is 24.3 Å². The molecular formula is C21H25N5O. The maximum atomic E-state index is 12.5. The number of carbonyl (C=O) groups is 1. The van der Waals surface area contributed by atoms with E-state index in [9.17, 15) is 4.79 Å². The molecule has 4 rings (SSSR count). The van der Waals surface area contributed by atoms with Crippen LogP contribution in [0.3, 0.4) is 0 Å². The summed E-state index contributed by atoms with van der Waals surface area (Å²) in [6.07, 6.45) is 3.68. The zero-order valence-electron chi connectivity index (χ0n) is 15.6. The average molecular weight is 363 g/mol. The molecule has 0 unspecified atom stereocenters. The van der Waals surface area contributed by atoms with Gasteiger partial charge in [0.05, 0.1) is 0 Å². The van der Waals surface area contributed by atoms with Gasteiger partial charge in [-0.1, -0.05) is 18.2 Å². The first-order valence-electron chi connectivity index (χ1n) is 9.42. The summed E-state index contributed by atoms with van der Waals surface area (Å²) >= 11 is 0. The van der Waals surface area contributed by atoms with E-state index in [0.29, 0.717) is 12.2 Å². The van der Waals surface area contributed by atoms with Crippen LogP contribution in [-0.2, 0) is 7.05 Å². The van der Waals surface area contributed by atoms with Crippen molar-refractivity contribution < 1.29 is 4.79 Å². The van der Waals surface area contributed by atoms with Crippen LogP contribution >= 0.6 is 0 Å². The number of nitrogens with zero attached hydrogens (tertiary/aromatic N) is 4. The van der Waals surface area contributed by atoms with Crippen LogP contribution in [0.4, 0.5) is 5.69 Å². The fourth-order valence-electron chi connectivity index (χ4n) is 3.71. The Balaban J connectivity index is 1.26. The van der Waals surface area contributed by atoms with Gasteiger partial charge in [-0.25, -0.2) is 0 Å². The highest BCUT2D eigenvalue weighted by Crippen LogP contribution is 2.18. The second kappa shape index (κ2) is 7.80. The first-order chi connectivity index (χ1) is 13.2. The summed E-state index contributed by atoms with van der Waals surface area (Å²) in [7, 11) is 1.94. The van der Waals surface area contributed by atoms with Crippen molar-refractivity contribution in [3.05, 3.63) is 60.6 Å². The molecule has 0 atom stereocenters. The number of amides is 1. The third-order valence-electron chi connectivity index (χ3n) is 5.30. The first kappa shape index (κ1) is 17.5. The number of nitrogens with one attached hydrogen (secondary N) is 1. The number of fused-ring (bicyclic) bond motifs is 1. The van der Waals surface area contributed by atoms with Crippen LogP contribution in [0.1, 0.15) is 10.5 Å². The van der Waals surface area contributed by atoms with Crippen molar-refractivity contribution in [2.45, 2.75) is 0 Å². The molecule has 1 aliphatic heterocycles. The minimum atomic E-state index is -0.0101. The molecule has 3 heterocycles. The highest BCUT2D eigenvalue weighted by molar-refractivity contribution is 5.98. The van der Waals surface area contributed by atoms with Gasteiger partial charge in [-0.2, -0.15) is 0 Å². The molecule has 1 fully saturated rings. The summed E-state index contributed by atoms with van der Waals surface area (Å²) in [5.74, 6) is -0.0101. The van der Waals surface area contributed by atoms with Gasteiger partial charge in [-0.3, -0.25) is 14.7 Å². The molecule has 2 aromatic heterocycles. The summed E-state index contributed by atoms with van der Waals surface area (Å²) in [4.78, 5) is 21.4. The van der Waals surface area contributed by atoms with Crippen molar-refractivity contribution in [3.8, 4) is 0 Å². The minimum Gasteiger partial charge on any atom is -0.369 e. The van der Waals surface area contributed by atoms with Crippen molar-refractivity contribution >= 4 is 22.5 Å².